The number of rotatable bonds is 3. The molecule has 0 spiro atoms. The maximum Gasteiger partial charge on any atom is 0.240 e. The van der Waals surface area contributed by atoms with E-state index in [0.29, 0.717) is 18.0 Å². The van der Waals surface area contributed by atoms with E-state index in [9.17, 15) is 4.79 Å². The van der Waals surface area contributed by atoms with Crippen LogP contribution in [0, 0.1) is 5.92 Å². The van der Waals surface area contributed by atoms with Gasteiger partial charge < -0.3 is 16.0 Å². The first-order valence-electron chi connectivity index (χ1n) is 5.88. The van der Waals surface area contributed by atoms with Gasteiger partial charge in [0.2, 0.25) is 5.91 Å². The minimum Gasteiger partial charge on any atom is -0.333 e. The molecule has 3 N–H and O–H groups in total. The third-order valence-electron chi connectivity index (χ3n) is 3.39. The lowest BCUT2D eigenvalue weighted by atomic mass is 9.87. The number of hydrogen-bond acceptors (Lipinski definition) is 3. The van der Waals surface area contributed by atoms with Crippen LogP contribution in [0.2, 0.25) is 0 Å². The normalized spacial score (nSPS) is 31.3. The van der Waals surface area contributed by atoms with E-state index in [0.717, 1.165) is 25.9 Å². The first-order valence-corrected chi connectivity index (χ1v) is 5.88. The van der Waals surface area contributed by atoms with Crippen LogP contribution in [0.5, 0.6) is 0 Å². The van der Waals surface area contributed by atoms with Gasteiger partial charge in [-0.1, -0.05) is 13.8 Å². The monoisotopic (exact) mass is 211 g/mol. The maximum absolute atomic E-state index is 12.0. The molecule has 0 radical (unpaired) electrons. The molecule has 4 heteroatoms. The van der Waals surface area contributed by atoms with Crippen LogP contribution in [0.4, 0.5) is 0 Å². The van der Waals surface area contributed by atoms with Crippen molar-refractivity contribution in [3.63, 3.8) is 0 Å². The quantitative estimate of drug-likeness (QED) is 0.687. The minimum atomic E-state index is -0.298. The summed E-state index contributed by atoms with van der Waals surface area (Å²) in [6.45, 7) is 6.09. The van der Waals surface area contributed by atoms with Gasteiger partial charge in [-0.3, -0.25) is 4.79 Å². The van der Waals surface area contributed by atoms with Crippen LogP contribution >= 0.6 is 0 Å². The molecule has 3 aliphatic heterocycles. The van der Waals surface area contributed by atoms with Crippen LogP contribution in [0.25, 0.3) is 0 Å². The molecular formula is C11H21N3O. The lowest BCUT2D eigenvalue weighted by molar-refractivity contribution is -0.149. The van der Waals surface area contributed by atoms with E-state index < -0.39 is 0 Å². The Kier molecular flexibility index (Phi) is 2.98. The Hall–Kier alpha value is -0.610. The van der Waals surface area contributed by atoms with Crippen molar-refractivity contribution in [2.75, 3.05) is 13.1 Å². The summed E-state index contributed by atoms with van der Waals surface area (Å²) in [6, 6.07) is 0.525. The van der Waals surface area contributed by atoms with Crippen molar-refractivity contribution in [3.05, 3.63) is 0 Å². The van der Waals surface area contributed by atoms with Crippen LogP contribution in [-0.4, -0.2) is 42.0 Å². The summed E-state index contributed by atoms with van der Waals surface area (Å²) in [6.07, 6.45) is 1.95. The zero-order valence-electron chi connectivity index (χ0n) is 9.57. The van der Waals surface area contributed by atoms with Crippen molar-refractivity contribution in [3.8, 4) is 0 Å². The molecular weight excluding hydrogens is 190 g/mol. The lowest BCUT2D eigenvalue weighted by Crippen LogP contribution is -2.71. The Bertz CT molecular complexity index is 240. The molecule has 3 rings (SSSR count). The van der Waals surface area contributed by atoms with Gasteiger partial charge in [0.1, 0.15) is 0 Å². The second-order valence-corrected chi connectivity index (χ2v) is 5.18. The summed E-state index contributed by atoms with van der Waals surface area (Å²) in [7, 11) is 0. The topological polar surface area (TPSA) is 58.4 Å². The molecule has 15 heavy (non-hydrogen) atoms. The zero-order valence-corrected chi connectivity index (χ0v) is 9.57. The van der Waals surface area contributed by atoms with Gasteiger partial charge >= 0.3 is 0 Å². The molecule has 0 aromatic rings. The van der Waals surface area contributed by atoms with Crippen LogP contribution < -0.4 is 11.1 Å². The number of amides is 1. The molecule has 2 bridgehead atoms. The van der Waals surface area contributed by atoms with Crippen molar-refractivity contribution < 1.29 is 4.79 Å². The molecule has 3 fully saturated rings. The van der Waals surface area contributed by atoms with Crippen LogP contribution in [0.1, 0.15) is 26.7 Å². The van der Waals surface area contributed by atoms with Gasteiger partial charge in [-0.05, 0) is 18.8 Å². The summed E-state index contributed by atoms with van der Waals surface area (Å²) in [5.74, 6) is 0.648. The fourth-order valence-electron chi connectivity index (χ4n) is 2.64. The summed E-state index contributed by atoms with van der Waals surface area (Å²) < 4.78 is 0. The van der Waals surface area contributed by atoms with Gasteiger partial charge in [-0.2, -0.15) is 0 Å². The number of fused-ring (bicyclic) bond motifs is 2. The van der Waals surface area contributed by atoms with Crippen LogP contribution in [0.15, 0.2) is 0 Å². The maximum atomic E-state index is 12.0. The van der Waals surface area contributed by atoms with Crippen LogP contribution in [-0.2, 0) is 4.79 Å². The number of piperazine rings is 1. The number of carbonyl (C=O) groups is 1. The van der Waals surface area contributed by atoms with Crippen molar-refractivity contribution >= 4 is 5.91 Å². The molecule has 2 unspecified atom stereocenters. The molecule has 3 atom stereocenters. The van der Waals surface area contributed by atoms with Crippen LogP contribution in [0.3, 0.4) is 0 Å². The van der Waals surface area contributed by atoms with E-state index >= 15 is 0 Å². The van der Waals surface area contributed by atoms with E-state index in [-0.39, 0.29) is 11.9 Å². The van der Waals surface area contributed by atoms with E-state index in [4.69, 9.17) is 5.73 Å². The van der Waals surface area contributed by atoms with Crippen molar-refractivity contribution in [2.45, 2.75) is 44.8 Å². The molecule has 0 aliphatic carbocycles. The Labute approximate surface area is 91.2 Å². The van der Waals surface area contributed by atoms with E-state index in [1.165, 1.54) is 0 Å². The predicted octanol–water partition coefficient (Wildman–Crippen LogP) is -0.0675. The van der Waals surface area contributed by atoms with Gasteiger partial charge in [0.15, 0.2) is 0 Å². The summed E-state index contributed by atoms with van der Waals surface area (Å²) in [5.41, 5.74) is 5.92. The summed E-state index contributed by atoms with van der Waals surface area (Å²) in [4.78, 5) is 14.1. The highest BCUT2D eigenvalue weighted by Gasteiger charge is 2.45. The van der Waals surface area contributed by atoms with Crippen molar-refractivity contribution in [1.29, 1.82) is 0 Å². The largest absolute Gasteiger partial charge is 0.333 e. The van der Waals surface area contributed by atoms with Crippen molar-refractivity contribution in [1.82, 2.24) is 10.2 Å². The molecule has 86 valence electrons. The smallest absolute Gasteiger partial charge is 0.240 e. The number of piperidine rings is 1. The fraction of sp³-hybridized carbons (Fsp3) is 0.909. The SMILES string of the molecule is CC(C)C[C@@H](N)C(=O)N1C2CNCC1C2. The van der Waals surface area contributed by atoms with Gasteiger partial charge in [0.25, 0.3) is 0 Å². The average molecular weight is 211 g/mol. The number of hydrogen-bond donors (Lipinski definition) is 2. The highest BCUT2D eigenvalue weighted by Crippen LogP contribution is 2.29. The Balaban J connectivity index is 1.91. The number of nitrogens with zero attached hydrogens (tertiary/aromatic N) is 1. The third-order valence-corrected chi connectivity index (χ3v) is 3.39. The number of carbonyl (C=O) groups excluding carboxylic acids is 1. The fourth-order valence-corrected chi connectivity index (χ4v) is 2.64. The predicted molar refractivity (Wildman–Crippen MR) is 59.3 cm³/mol. The molecule has 3 heterocycles. The Morgan fingerprint density at radius 2 is 2.07 bits per heavy atom. The van der Waals surface area contributed by atoms with Gasteiger partial charge in [-0.25, -0.2) is 0 Å². The minimum absolute atomic E-state index is 0.159. The van der Waals surface area contributed by atoms with E-state index in [2.05, 4.69) is 19.2 Å². The summed E-state index contributed by atoms with van der Waals surface area (Å²) >= 11 is 0. The summed E-state index contributed by atoms with van der Waals surface area (Å²) in [5, 5.41) is 3.31. The standard InChI is InChI=1S/C11H21N3O/c1-7(2)3-10(12)11(15)14-8-4-9(14)6-13-5-8/h7-10,13H,3-6,12H2,1-2H3/t8?,9?,10-/m1/s1. The average Bonchev–Trinajstić information content (AvgIpc) is 2.17. The molecule has 4 nitrogen and oxygen atoms in total. The molecule has 3 aliphatic rings. The molecule has 1 amide bonds. The van der Waals surface area contributed by atoms with Crippen molar-refractivity contribution in [2.24, 2.45) is 11.7 Å². The lowest BCUT2D eigenvalue weighted by Gasteiger charge is -2.53. The molecule has 3 saturated heterocycles. The highest BCUT2D eigenvalue weighted by atomic mass is 16.2. The molecule has 0 aromatic carbocycles. The second kappa shape index (κ2) is 4.10. The van der Waals surface area contributed by atoms with Gasteiger partial charge in [-0.15, -0.1) is 0 Å². The van der Waals surface area contributed by atoms with Gasteiger partial charge in [0, 0.05) is 25.2 Å². The Morgan fingerprint density at radius 1 is 1.47 bits per heavy atom. The Morgan fingerprint density at radius 3 is 2.53 bits per heavy atom. The first-order chi connectivity index (χ1) is 7.09. The number of nitrogens with two attached hydrogens (primary N) is 1. The molecule has 0 saturated carbocycles. The molecule has 0 aromatic heterocycles. The third kappa shape index (κ3) is 2.01. The van der Waals surface area contributed by atoms with E-state index in [1.807, 2.05) is 4.90 Å². The highest BCUT2D eigenvalue weighted by molar-refractivity contribution is 5.83. The first kappa shape index (κ1) is 10.9. The van der Waals surface area contributed by atoms with E-state index in [1.54, 1.807) is 0 Å². The second-order valence-electron chi connectivity index (χ2n) is 5.18. The number of nitrogens with one attached hydrogen (secondary N) is 1. The van der Waals surface area contributed by atoms with Gasteiger partial charge in [0.05, 0.1) is 6.04 Å². The zero-order chi connectivity index (χ0) is 11.0.